The Balaban J connectivity index is 1.86. The number of hydrogen-bond donors (Lipinski definition) is 1. The normalized spacial score (nSPS) is 17.4. The minimum absolute atomic E-state index is 0.580. The fraction of sp³-hybridized carbons (Fsp3) is 0.647. The Morgan fingerprint density at radius 3 is 2.70 bits per heavy atom. The van der Waals surface area contributed by atoms with E-state index >= 15 is 0 Å². The predicted octanol–water partition coefficient (Wildman–Crippen LogP) is 4.56. The average molecular weight is 340 g/mol. The largest absolute Gasteiger partial charge is 0.496 e. The van der Waals surface area contributed by atoms with E-state index in [1.54, 1.807) is 7.11 Å². The number of benzene rings is 1. The van der Waals surface area contributed by atoms with Crippen molar-refractivity contribution in [2.45, 2.75) is 51.0 Å². The molecule has 0 bridgehead atoms. The van der Waals surface area contributed by atoms with Crippen LogP contribution in [0.15, 0.2) is 22.7 Å². The number of nitrogens with one attached hydrogen (secondary N) is 1. The molecule has 0 radical (unpaired) electrons. The molecular weight excluding hydrogens is 314 g/mol. The van der Waals surface area contributed by atoms with Crippen LogP contribution in [-0.4, -0.2) is 20.2 Å². The lowest BCUT2D eigenvalue weighted by Crippen LogP contribution is -2.28. The third-order valence-electron chi connectivity index (χ3n) is 4.50. The molecule has 0 aliphatic heterocycles. The smallest absolute Gasteiger partial charge is 0.133 e. The SMILES string of the molecule is CNC(CCC1CCCC1)Cc1ccc(OC)c(Br)c1. The first-order valence-electron chi connectivity index (χ1n) is 7.72. The second-order valence-electron chi connectivity index (χ2n) is 5.89. The zero-order valence-electron chi connectivity index (χ0n) is 12.6. The van der Waals surface area contributed by atoms with E-state index in [9.17, 15) is 0 Å². The molecule has 1 aliphatic carbocycles. The summed E-state index contributed by atoms with van der Waals surface area (Å²) < 4.78 is 6.33. The Morgan fingerprint density at radius 2 is 2.10 bits per heavy atom. The Bertz CT molecular complexity index is 415. The van der Waals surface area contributed by atoms with Crippen LogP contribution in [0.2, 0.25) is 0 Å². The maximum absolute atomic E-state index is 5.28. The zero-order chi connectivity index (χ0) is 14.4. The molecule has 0 amide bonds. The fourth-order valence-electron chi connectivity index (χ4n) is 3.21. The molecule has 1 aliphatic rings. The van der Waals surface area contributed by atoms with Crippen molar-refractivity contribution in [3.63, 3.8) is 0 Å². The maximum Gasteiger partial charge on any atom is 0.133 e. The van der Waals surface area contributed by atoms with E-state index < -0.39 is 0 Å². The lowest BCUT2D eigenvalue weighted by atomic mass is 9.95. The van der Waals surface area contributed by atoms with Gasteiger partial charge in [0.15, 0.2) is 0 Å². The van der Waals surface area contributed by atoms with Crippen LogP contribution < -0.4 is 10.1 Å². The van der Waals surface area contributed by atoms with Crippen molar-refractivity contribution in [1.82, 2.24) is 5.32 Å². The summed E-state index contributed by atoms with van der Waals surface area (Å²) in [7, 11) is 3.79. The van der Waals surface area contributed by atoms with Gasteiger partial charge in [0.2, 0.25) is 0 Å². The van der Waals surface area contributed by atoms with E-state index in [-0.39, 0.29) is 0 Å². The van der Waals surface area contributed by atoms with Gasteiger partial charge >= 0.3 is 0 Å². The molecule has 20 heavy (non-hydrogen) atoms. The van der Waals surface area contributed by atoms with Crippen LogP contribution in [0.4, 0.5) is 0 Å². The van der Waals surface area contributed by atoms with E-state index in [1.807, 2.05) is 6.07 Å². The van der Waals surface area contributed by atoms with Gasteiger partial charge in [0, 0.05) is 6.04 Å². The van der Waals surface area contributed by atoms with Gasteiger partial charge in [0.1, 0.15) is 5.75 Å². The quantitative estimate of drug-likeness (QED) is 0.786. The van der Waals surface area contributed by atoms with Crippen LogP contribution >= 0.6 is 15.9 Å². The standard InChI is InChI=1S/C17H26BrNO/c1-19-15(9-7-13-5-3-4-6-13)11-14-8-10-17(20-2)16(18)12-14/h8,10,12-13,15,19H,3-7,9,11H2,1-2H3. The Hall–Kier alpha value is -0.540. The average Bonchev–Trinajstić information content (AvgIpc) is 2.97. The third-order valence-corrected chi connectivity index (χ3v) is 5.12. The molecule has 1 unspecified atom stereocenters. The van der Waals surface area contributed by atoms with Crippen molar-refractivity contribution in [3.05, 3.63) is 28.2 Å². The molecule has 2 nitrogen and oxygen atoms in total. The Labute approximate surface area is 131 Å². The lowest BCUT2D eigenvalue weighted by Gasteiger charge is -2.19. The van der Waals surface area contributed by atoms with Gasteiger partial charge < -0.3 is 10.1 Å². The first-order chi connectivity index (χ1) is 9.72. The summed E-state index contributed by atoms with van der Waals surface area (Å²) in [4.78, 5) is 0. The van der Waals surface area contributed by atoms with Crippen molar-refractivity contribution in [3.8, 4) is 5.75 Å². The molecule has 112 valence electrons. The lowest BCUT2D eigenvalue weighted by molar-refractivity contribution is 0.410. The summed E-state index contributed by atoms with van der Waals surface area (Å²) in [5.41, 5.74) is 1.36. The van der Waals surface area contributed by atoms with Crippen LogP contribution in [0.5, 0.6) is 5.75 Å². The molecular formula is C17H26BrNO. The van der Waals surface area contributed by atoms with Crippen molar-refractivity contribution in [2.75, 3.05) is 14.2 Å². The molecule has 2 rings (SSSR count). The minimum atomic E-state index is 0.580. The van der Waals surface area contributed by atoms with Crippen LogP contribution in [0, 0.1) is 5.92 Å². The zero-order valence-corrected chi connectivity index (χ0v) is 14.2. The summed E-state index contributed by atoms with van der Waals surface area (Å²) in [6.07, 6.45) is 9.54. The summed E-state index contributed by atoms with van der Waals surface area (Å²) >= 11 is 3.57. The third kappa shape index (κ3) is 4.49. The number of ether oxygens (including phenoxy) is 1. The van der Waals surface area contributed by atoms with Crippen LogP contribution in [0.1, 0.15) is 44.1 Å². The first kappa shape index (κ1) is 15.8. The molecule has 1 aromatic carbocycles. The Kier molecular flexibility index (Phi) is 6.37. The van der Waals surface area contributed by atoms with Crippen LogP contribution in [0.25, 0.3) is 0 Å². The highest BCUT2D eigenvalue weighted by molar-refractivity contribution is 9.10. The number of methoxy groups -OCH3 is 1. The van der Waals surface area contributed by atoms with Crippen molar-refractivity contribution in [2.24, 2.45) is 5.92 Å². The maximum atomic E-state index is 5.28. The molecule has 1 aromatic rings. The van der Waals surface area contributed by atoms with Gasteiger partial charge in [-0.05, 0) is 65.9 Å². The molecule has 3 heteroatoms. The van der Waals surface area contributed by atoms with Gasteiger partial charge in [-0.3, -0.25) is 0 Å². The molecule has 1 saturated carbocycles. The number of likely N-dealkylation sites (N-methyl/N-ethyl adjacent to an activating group) is 1. The molecule has 0 spiro atoms. The molecule has 0 aromatic heterocycles. The second-order valence-corrected chi connectivity index (χ2v) is 6.74. The number of hydrogen-bond acceptors (Lipinski definition) is 2. The fourth-order valence-corrected chi connectivity index (χ4v) is 3.79. The van der Waals surface area contributed by atoms with Crippen LogP contribution in [-0.2, 0) is 6.42 Å². The molecule has 0 heterocycles. The highest BCUT2D eigenvalue weighted by atomic mass is 79.9. The highest BCUT2D eigenvalue weighted by Crippen LogP contribution is 2.30. The van der Waals surface area contributed by atoms with Gasteiger partial charge in [-0.25, -0.2) is 0 Å². The van der Waals surface area contributed by atoms with E-state index in [2.05, 4.69) is 40.4 Å². The summed E-state index contributed by atoms with van der Waals surface area (Å²) in [6, 6.07) is 6.97. The van der Waals surface area contributed by atoms with Crippen molar-refractivity contribution < 1.29 is 4.74 Å². The topological polar surface area (TPSA) is 21.3 Å². The second kappa shape index (κ2) is 8.04. The molecule has 1 N–H and O–H groups in total. The summed E-state index contributed by atoms with van der Waals surface area (Å²) in [6.45, 7) is 0. The molecule has 0 saturated heterocycles. The molecule has 1 atom stereocenters. The van der Waals surface area contributed by atoms with Gasteiger partial charge in [0.25, 0.3) is 0 Å². The highest BCUT2D eigenvalue weighted by Gasteiger charge is 2.17. The predicted molar refractivity (Wildman–Crippen MR) is 88.4 cm³/mol. The van der Waals surface area contributed by atoms with Crippen molar-refractivity contribution in [1.29, 1.82) is 0 Å². The number of halogens is 1. The molecule has 1 fully saturated rings. The van der Waals surface area contributed by atoms with Crippen LogP contribution in [0.3, 0.4) is 0 Å². The van der Waals surface area contributed by atoms with E-state index in [0.29, 0.717) is 6.04 Å². The van der Waals surface area contributed by atoms with Gasteiger partial charge in [-0.2, -0.15) is 0 Å². The van der Waals surface area contributed by atoms with Gasteiger partial charge in [-0.1, -0.05) is 31.7 Å². The van der Waals surface area contributed by atoms with Gasteiger partial charge in [0.05, 0.1) is 11.6 Å². The van der Waals surface area contributed by atoms with Gasteiger partial charge in [-0.15, -0.1) is 0 Å². The number of rotatable bonds is 7. The summed E-state index contributed by atoms with van der Waals surface area (Å²) in [5, 5.41) is 3.48. The van der Waals surface area contributed by atoms with E-state index in [1.165, 1.54) is 44.1 Å². The first-order valence-corrected chi connectivity index (χ1v) is 8.52. The Morgan fingerprint density at radius 1 is 1.35 bits per heavy atom. The monoisotopic (exact) mass is 339 g/mol. The van der Waals surface area contributed by atoms with Crippen molar-refractivity contribution >= 4 is 15.9 Å². The van der Waals surface area contributed by atoms with E-state index in [0.717, 1.165) is 22.6 Å². The minimum Gasteiger partial charge on any atom is -0.496 e. The van der Waals surface area contributed by atoms with E-state index in [4.69, 9.17) is 4.74 Å². The summed E-state index contributed by atoms with van der Waals surface area (Å²) in [5.74, 6) is 1.88.